The van der Waals surface area contributed by atoms with Crippen molar-refractivity contribution < 1.29 is 19.1 Å². The highest BCUT2D eigenvalue weighted by Crippen LogP contribution is 2.39. The Kier molecular flexibility index (Phi) is 6.78. The highest BCUT2D eigenvalue weighted by atomic mass is 32.1. The number of carbonyl (C=O) groups excluding carboxylic acids is 2. The van der Waals surface area contributed by atoms with Gasteiger partial charge in [-0.1, -0.05) is 36.4 Å². The van der Waals surface area contributed by atoms with Gasteiger partial charge >= 0.3 is 5.97 Å². The van der Waals surface area contributed by atoms with Crippen LogP contribution in [0.3, 0.4) is 0 Å². The van der Waals surface area contributed by atoms with Crippen LogP contribution < -0.4 is 10.2 Å². The molecule has 1 N–H and O–H groups in total. The maximum Gasteiger partial charge on any atom is 0.348 e. The van der Waals surface area contributed by atoms with E-state index in [9.17, 15) is 9.59 Å². The van der Waals surface area contributed by atoms with Crippen molar-refractivity contribution in [2.75, 3.05) is 37.8 Å². The lowest BCUT2D eigenvalue weighted by Crippen LogP contribution is -2.35. The number of hydrogen-bond donors (Lipinski definition) is 1. The molecule has 0 unspecified atom stereocenters. The monoisotopic (exact) mass is 442 g/mol. The summed E-state index contributed by atoms with van der Waals surface area (Å²) in [6.07, 6.45) is 0. The molecule has 8 heteroatoms. The molecule has 0 spiro atoms. The first-order chi connectivity index (χ1) is 14.7. The van der Waals surface area contributed by atoms with Crippen molar-refractivity contribution in [2.45, 2.75) is 6.54 Å². The summed E-state index contributed by atoms with van der Waals surface area (Å²) in [5, 5.41) is 5.74. The van der Waals surface area contributed by atoms with Crippen molar-refractivity contribution in [3.63, 3.8) is 0 Å². The smallest absolute Gasteiger partial charge is 0.348 e. The Bertz CT molecular complexity index is 980. The van der Waals surface area contributed by atoms with Gasteiger partial charge in [-0.15, -0.1) is 22.7 Å². The minimum atomic E-state index is -0.483. The van der Waals surface area contributed by atoms with Crippen LogP contribution in [0.4, 0.5) is 5.00 Å². The molecule has 1 aromatic carbocycles. The fourth-order valence-electron chi connectivity index (χ4n) is 3.16. The molecule has 1 saturated heterocycles. The highest BCUT2D eigenvalue weighted by Gasteiger charge is 2.23. The fourth-order valence-corrected chi connectivity index (χ4v) is 4.93. The molecule has 0 bridgehead atoms. The van der Waals surface area contributed by atoms with Crippen LogP contribution in [0.25, 0.3) is 11.1 Å². The Morgan fingerprint density at radius 2 is 1.90 bits per heavy atom. The van der Waals surface area contributed by atoms with Gasteiger partial charge in [0.25, 0.3) is 5.91 Å². The minimum Gasteiger partial charge on any atom is -0.451 e. The van der Waals surface area contributed by atoms with Crippen LogP contribution in [-0.4, -0.2) is 44.8 Å². The molecule has 0 atom stereocenters. The predicted octanol–water partition coefficient (Wildman–Crippen LogP) is 3.79. The number of hydrogen-bond acceptors (Lipinski definition) is 7. The maximum absolute atomic E-state index is 12.6. The Balaban J connectivity index is 1.44. The molecule has 6 nitrogen and oxygen atoms in total. The van der Waals surface area contributed by atoms with Gasteiger partial charge in [-0.3, -0.25) is 4.79 Å². The lowest BCUT2D eigenvalue weighted by molar-refractivity contribution is -0.124. The van der Waals surface area contributed by atoms with Crippen LogP contribution in [0.2, 0.25) is 0 Å². The Morgan fingerprint density at radius 1 is 1.10 bits per heavy atom. The zero-order valence-electron chi connectivity index (χ0n) is 16.3. The molecule has 3 heterocycles. The quantitative estimate of drug-likeness (QED) is 0.564. The molecular weight excluding hydrogens is 420 g/mol. The fraction of sp³-hybridized carbons (Fsp3) is 0.273. The summed E-state index contributed by atoms with van der Waals surface area (Å²) in [4.78, 5) is 28.4. The van der Waals surface area contributed by atoms with Crippen LogP contribution in [-0.2, 0) is 20.8 Å². The van der Waals surface area contributed by atoms with Gasteiger partial charge in [0.1, 0.15) is 4.88 Å². The maximum atomic E-state index is 12.6. The largest absolute Gasteiger partial charge is 0.451 e. The van der Waals surface area contributed by atoms with Crippen molar-refractivity contribution in [1.29, 1.82) is 0 Å². The number of thiophene rings is 2. The normalized spacial score (nSPS) is 13.8. The summed E-state index contributed by atoms with van der Waals surface area (Å²) in [7, 11) is 0. The molecule has 0 aliphatic carbocycles. The number of nitrogens with zero attached hydrogens (tertiary/aromatic N) is 1. The topological polar surface area (TPSA) is 67.9 Å². The molecule has 30 heavy (non-hydrogen) atoms. The molecule has 0 saturated carbocycles. The first-order valence-corrected chi connectivity index (χ1v) is 11.4. The van der Waals surface area contributed by atoms with Crippen molar-refractivity contribution in [1.82, 2.24) is 5.32 Å². The average molecular weight is 443 g/mol. The molecule has 1 fully saturated rings. The van der Waals surface area contributed by atoms with Crippen LogP contribution >= 0.6 is 22.7 Å². The zero-order valence-corrected chi connectivity index (χ0v) is 18.0. The second-order valence-corrected chi connectivity index (χ2v) is 8.79. The molecule has 1 aliphatic heterocycles. The van der Waals surface area contributed by atoms with Crippen molar-refractivity contribution in [3.8, 4) is 11.1 Å². The number of benzene rings is 1. The minimum absolute atomic E-state index is 0.296. The van der Waals surface area contributed by atoms with Gasteiger partial charge < -0.3 is 19.7 Å². The number of rotatable bonds is 7. The third-order valence-corrected chi connectivity index (χ3v) is 6.72. The van der Waals surface area contributed by atoms with E-state index < -0.39 is 5.97 Å². The van der Waals surface area contributed by atoms with Gasteiger partial charge in [0.15, 0.2) is 6.61 Å². The molecule has 0 radical (unpaired) electrons. The third kappa shape index (κ3) is 5.08. The van der Waals surface area contributed by atoms with Crippen LogP contribution in [0.1, 0.15) is 14.5 Å². The predicted molar refractivity (Wildman–Crippen MR) is 119 cm³/mol. The number of esters is 1. The first kappa shape index (κ1) is 20.6. The summed E-state index contributed by atoms with van der Waals surface area (Å²) in [5.74, 6) is -0.798. The zero-order chi connectivity index (χ0) is 20.8. The Morgan fingerprint density at radius 3 is 2.63 bits per heavy atom. The van der Waals surface area contributed by atoms with Gasteiger partial charge in [-0.05, 0) is 23.1 Å². The van der Waals surface area contributed by atoms with E-state index >= 15 is 0 Å². The van der Waals surface area contributed by atoms with Gasteiger partial charge in [0, 0.05) is 23.5 Å². The van der Waals surface area contributed by atoms with Gasteiger partial charge in [0.2, 0.25) is 0 Å². The molecule has 4 rings (SSSR count). The van der Waals surface area contributed by atoms with E-state index in [-0.39, 0.29) is 12.5 Å². The summed E-state index contributed by atoms with van der Waals surface area (Å²) in [5.41, 5.74) is 2.04. The number of carbonyl (C=O) groups is 2. The summed E-state index contributed by atoms with van der Waals surface area (Å²) in [6.45, 7) is 3.02. The number of anilines is 1. The standard InChI is InChI=1S/C22H22N2O4S2/c25-20(23-14-17-7-4-12-29-17)15-28-22(26)19-13-18(16-5-2-1-3-6-16)21(30-19)24-8-10-27-11-9-24/h1-7,12-13H,8-11,14-15H2,(H,23,25). The van der Waals surface area contributed by atoms with Crippen molar-refractivity contribution in [2.24, 2.45) is 0 Å². The lowest BCUT2D eigenvalue weighted by atomic mass is 10.1. The highest BCUT2D eigenvalue weighted by molar-refractivity contribution is 7.18. The number of ether oxygens (including phenoxy) is 2. The van der Waals surface area contributed by atoms with Gasteiger partial charge in [-0.25, -0.2) is 4.79 Å². The third-order valence-electron chi connectivity index (χ3n) is 4.67. The Labute approximate surface area is 183 Å². The summed E-state index contributed by atoms with van der Waals surface area (Å²) < 4.78 is 10.7. The molecule has 1 aliphatic rings. The number of morpholine rings is 1. The molecular formula is C22H22N2O4S2. The van der Waals surface area contributed by atoms with E-state index in [0.29, 0.717) is 24.6 Å². The van der Waals surface area contributed by atoms with Crippen LogP contribution in [0.5, 0.6) is 0 Å². The van der Waals surface area contributed by atoms with E-state index in [1.807, 2.05) is 53.9 Å². The first-order valence-electron chi connectivity index (χ1n) is 9.69. The summed E-state index contributed by atoms with van der Waals surface area (Å²) in [6, 6.07) is 15.7. The second-order valence-electron chi connectivity index (χ2n) is 6.73. The SMILES string of the molecule is O=C(COC(=O)c1cc(-c2ccccc2)c(N2CCOCC2)s1)NCc1cccs1. The van der Waals surface area contributed by atoms with E-state index in [1.54, 1.807) is 11.3 Å². The molecule has 2 aromatic heterocycles. The summed E-state index contributed by atoms with van der Waals surface area (Å²) >= 11 is 2.97. The molecule has 3 aromatic rings. The van der Waals surface area contributed by atoms with E-state index in [1.165, 1.54) is 11.3 Å². The molecule has 1 amide bonds. The van der Waals surface area contributed by atoms with E-state index in [0.717, 1.165) is 34.1 Å². The average Bonchev–Trinajstić information content (AvgIpc) is 3.47. The van der Waals surface area contributed by atoms with Crippen LogP contribution in [0.15, 0.2) is 53.9 Å². The van der Waals surface area contributed by atoms with Gasteiger partial charge in [-0.2, -0.15) is 0 Å². The van der Waals surface area contributed by atoms with Crippen molar-refractivity contribution >= 4 is 39.6 Å². The Hall–Kier alpha value is -2.68. The van der Waals surface area contributed by atoms with E-state index in [2.05, 4.69) is 10.2 Å². The van der Waals surface area contributed by atoms with E-state index in [4.69, 9.17) is 9.47 Å². The van der Waals surface area contributed by atoms with Crippen molar-refractivity contribution in [3.05, 3.63) is 63.7 Å². The number of amides is 1. The lowest BCUT2D eigenvalue weighted by Gasteiger charge is -2.28. The number of nitrogens with one attached hydrogen (secondary N) is 1. The molecule has 156 valence electrons. The van der Waals surface area contributed by atoms with Gasteiger partial charge in [0.05, 0.1) is 24.8 Å². The van der Waals surface area contributed by atoms with Crippen LogP contribution in [0, 0.1) is 0 Å². The second kappa shape index (κ2) is 9.88.